The standard InChI is InChI=1S/C13H18N2Se/c1-9(2)14-11-7-5-6-8-12(11)15(10(3)4)13(14)16/h5-10H,1-4H3. The molecule has 16 heavy (non-hydrogen) atoms. The molecule has 0 amide bonds. The van der Waals surface area contributed by atoms with Crippen molar-refractivity contribution in [2.45, 2.75) is 39.8 Å². The van der Waals surface area contributed by atoms with Crippen molar-refractivity contribution >= 4 is 26.6 Å². The molecule has 0 aliphatic heterocycles. The second kappa shape index (κ2) is 4.23. The molecule has 3 heteroatoms. The molecule has 0 spiro atoms. The molecule has 2 rings (SSSR count). The van der Waals surface area contributed by atoms with E-state index in [1.807, 2.05) is 0 Å². The number of fused-ring (bicyclic) bond motifs is 1. The Morgan fingerprint density at radius 1 is 0.875 bits per heavy atom. The number of rotatable bonds is 2. The van der Waals surface area contributed by atoms with Crippen LogP contribution in [0.1, 0.15) is 39.8 Å². The zero-order valence-corrected chi connectivity index (χ0v) is 12.0. The molecule has 2 aromatic rings. The van der Waals surface area contributed by atoms with Crippen LogP contribution in [0.2, 0.25) is 0 Å². The zero-order chi connectivity index (χ0) is 11.9. The molecule has 0 fully saturated rings. The minimum absolute atomic E-state index is 0.473. The van der Waals surface area contributed by atoms with Crippen molar-refractivity contribution in [1.82, 2.24) is 9.13 Å². The van der Waals surface area contributed by atoms with Gasteiger partial charge >= 0.3 is 104 Å². The van der Waals surface area contributed by atoms with E-state index in [-0.39, 0.29) is 0 Å². The summed E-state index contributed by atoms with van der Waals surface area (Å²) in [5, 5.41) is 0. The number of imidazole rings is 1. The van der Waals surface area contributed by atoms with E-state index in [0.717, 1.165) is 0 Å². The molecular weight excluding hydrogens is 263 g/mol. The van der Waals surface area contributed by atoms with Crippen LogP contribution in [0, 0.1) is 4.32 Å². The van der Waals surface area contributed by atoms with E-state index in [4.69, 9.17) is 0 Å². The van der Waals surface area contributed by atoms with E-state index < -0.39 is 0 Å². The molecular formula is C13H18N2Se. The van der Waals surface area contributed by atoms with Gasteiger partial charge in [-0.25, -0.2) is 0 Å². The van der Waals surface area contributed by atoms with Gasteiger partial charge in [0.15, 0.2) is 0 Å². The van der Waals surface area contributed by atoms with Gasteiger partial charge in [-0.3, -0.25) is 0 Å². The average molecular weight is 281 g/mol. The Bertz CT molecular complexity index is 513. The summed E-state index contributed by atoms with van der Waals surface area (Å²) in [6, 6.07) is 9.53. The minimum atomic E-state index is 0.473. The summed E-state index contributed by atoms with van der Waals surface area (Å²) < 4.78 is 5.93. The van der Waals surface area contributed by atoms with Gasteiger partial charge in [-0.15, -0.1) is 0 Å². The predicted octanol–water partition coefficient (Wildman–Crippen LogP) is 3.31. The third kappa shape index (κ3) is 1.68. The van der Waals surface area contributed by atoms with Crippen LogP contribution in [0.5, 0.6) is 0 Å². The number of hydrogen-bond donors (Lipinski definition) is 0. The Kier molecular flexibility index (Phi) is 3.09. The van der Waals surface area contributed by atoms with Crippen LogP contribution in [-0.4, -0.2) is 24.7 Å². The summed E-state index contributed by atoms with van der Waals surface area (Å²) >= 11 is 3.22. The van der Waals surface area contributed by atoms with Gasteiger partial charge in [-0.2, -0.15) is 0 Å². The fraction of sp³-hybridized carbons (Fsp3) is 0.462. The predicted molar refractivity (Wildman–Crippen MR) is 69.7 cm³/mol. The van der Waals surface area contributed by atoms with E-state index >= 15 is 0 Å². The van der Waals surface area contributed by atoms with Gasteiger partial charge in [0.1, 0.15) is 0 Å². The van der Waals surface area contributed by atoms with Crippen molar-refractivity contribution in [1.29, 1.82) is 0 Å². The molecule has 0 bridgehead atoms. The first kappa shape index (κ1) is 11.7. The summed E-state index contributed by atoms with van der Waals surface area (Å²) in [5.41, 5.74) is 2.61. The molecule has 1 aromatic carbocycles. The Morgan fingerprint density at radius 2 is 1.25 bits per heavy atom. The number of aromatic nitrogens is 2. The maximum absolute atomic E-state index is 3.22. The monoisotopic (exact) mass is 282 g/mol. The van der Waals surface area contributed by atoms with Crippen molar-refractivity contribution in [2.75, 3.05) is 0 Å². The molecule has 0 unspecified atom stereocenters. The fourth-order valence-electron chi connectivity index (χ4n) is 2.19. The number of nitrogens with zero attached hydrogens (tertiary/aromatic N) is 2. The molecule has 1 heterocycles. The Morgan fingerprint density at radius 3 is 1.56 bits per heavy atom. The molecule has 2 nitrogen and oxygen atoms in total. The molecule has 86 valence electrons. The van der Waals surface area contributed by atoms with Gasteiger partial charge in [-0.05, 0) is 0 Å². The zero-order valence-electron chi connectivity index (χ0n) is 10.3. The number of hydrogen-bond acceptors (Lipinski definition) is 0. The van der Waals surface area contributed by atoms with Gasteiger partial charge in [-0.1, -0.05) is 0 Å². The van der Waals surface area contributed by atoms with Crippen LogP contribution in [0.4, 0.5) is 0 Å². The van der Waals surface area contributed by atoms with Crippen LogP contribution < -0.4 is 0 Å². The summed E-state index contributed by atoms with van der Waals surface area (Å²) in [7, 11) is 0. The summed E-state index contributed by atoms with van der Waals surface area (Å²) in [6.45, 7) is 8.88. The fourth-order valence-corrected chi connectivity index (χ4v) is 3.49. The SMILES string of the molecule is CC(C)n1c(=[Se])n(C(C)C)c2ccccc21. The van der Waals surface area contributed by atoms with E-state index in [0.29, 0.717) is 12.1 Å². The summed E-state index contributed by atoms with van der Waals surface area (Å²) in [5.74, 6) is 0. The van der Waals surface area contributed by atoms with E-state index in [1.54, 1.807) is 0 Å². The first-order chi connectivity index (χ1) is 7.54. The van der Waals surface area contributed by atoms with E-state index in [9.17, 15) is 0 Å². The van der Waals surface area contributed by atoms with Gasteiger partial charge in [0.2, 0.25) is 0 Å². The van der Waals surface area contributed by atoms with Crippen LogP contribution >= 0.6 is 0 Å². The van der Waals surface area contributed by atoms with Crippen LogP contribution in [0.3, 0.4) is 0 Å². The molecule has 0 aliphatic rings. The van der Waals surface area contributed by atoms with E-state index in [1.165, 1.54) is 15.4 Å². The molecule has 0 saturated heterocycles. The third-order valence-electron chi connectivity index (χ3n) is 2.85. The Labute approximate surface area is 104 Å². The first-order valence-electron chi connectivity index (χ1n) is 5.75. The van der Waals surface area contributed by atoms with Gasteiger partial charge in [0, 0.05) is 0 Å². The van der Waals surface area contributed by atoms with Crippen molar-refractivity contribution < 1.29 is 0 Å². The Balaban J connectivity index is 2.92. The molecule has 0 aliphatic carbocycles. The number of benzene rings is 1. The van der Waals surface area contributed by atoms with Crippen molar-refractivity contribution in [3.63, 3.8) is 0 Å². The van der Waals surface area contributed by atoms with E-state index in [2.05, 4.69) is 76.7 Å². The average Bonchev–Trinajstić information content (AvgIpc) is 2.49. The quantitative estimate of drug-likeness (QED) is 0.747. The second-order valence-electron chi connectivity index (χ2n) is 4.70. The van der Waals surface area contributed by atoms with Crippen LogP contribution in [-0.2, 0) is 0 Å². The summed E-state index contributed by atoms with van der Waals surface area (Å²) in [4.78, 5) is 0. The van der Waals surface area contributed by atoms with Crippen LogP contribution in [0.25, 0.3) is 11.0 Å². The number of para-hydroxylation sites is 2. The second-order valence-corrected chi connectivity index (χ2v) is 5.46. The molecule has 1 aromatic heterocycles. The Hall–Kier alpha value is -0.791. The molecule has 0 saturated carbocycles. The van der Waals surface area contributed by atoms with Crippen molar-refractivity contribution in [3.05, 3.63) is 28.6 Å². The molecule has 0 N–H and O–H groups in total. The van der Waals surface area contributed by atoms with Gasteiger partial charge < -0.3 is 0 Å². The third-order valence-corrected chi connectivity index (χ3v) is 3.67. The molecule has 0 atom stereocenters. The van der Waals surface area contributed by atoms with Crippen molar-refractivity contribution in [2.24, 2.45) is 0 Å². The summed E-state index contributed by atoms with van der Waals surface area (Å²) in [6.07, 6.45) is 0. The first-order valence-corrected chi connectivity index (χ1v) is 6.61. The topological polar surface area (TPSA) is 9.86 Å². The van der Waals surface area contributed by atoms with Gasteiger partial charge in [0.25, 0.3) is 0 Å². The van der Waals surface area contributed by atoms with Crippen molar-refractivity contribution in [3.8, 4) is 0 Å². The van der Waals surface area contributed by atoms with Gasteiger partial charge in [0.05, 0.1) is 0 Å². The van der Waals surface area contributed by atoms with Crippen LogP contribution in [0.15, 0.2) is 24.3 Å². The maximum atomic E-state index is 3.22. The normalized spacial score (nSPS) is 11.9. The molecule has 0 radical (unpaired) electrons.